The first-order valence-electron chi connectivity index (χ1n) is 8.37. The van der Waals surface area contributed by atoms with Crippen LogP contribution in [-0.4, -0.2) is 54.7 Å². The van der Waals surface area contributed by atoms with Crippen LogP contribution in [-0.2, 0) is 10.0 Å². The zero-order valence-electron chi connectivity index (χ0n) is 13.8. The van der Waals surface area contributed by atoms with Crippen molar-refractivity contribution >= 4 is 15.9 Å². The Morgan fingerprint density at radius 3 is 2.83 bits per heavy atom. The van der Waals surface area contributed by atoms with Crippen LogP contribution in [0.25, 0.3) is 0 Å². The van der Waals surface area contributed by atoms with Crippen molar-refractivity contribution in [1.82, 2.24) is 14.8 Å². The van der Waals surface area contributed by atoms with Gasteiger partial charge in [-0.15, -0.1) is 0 Å². The van der Waals surface area contributed by atoms with Crippen LogP contribution in [0.1, 0.15) is 54.8 Å². The molecule has 0 aromatic carbocycles. The van der Waals surface area contributed by atoms with Gasteiger partial charge in [0.2, 0.25) is 10.0 Å². The van der Waals surface area contributed by atoms with Crippen molar-refractivity contribution in [2.45, 2.75) is 50.6 Å². The van der Waals surface area contributed by atoms with E-state index in [4.69, 9.17) is 10.3 Å². The lowest BCUT2D eigenvalue weighted by Crippen LogP contribution is -2.51. The normalized spacial score (nSPS) is 25.6. The van der Waals surface area contributed by atoms with Crippen LogP contribution in [0.3, 0.4) is 0 Å². The molecule has 2 atom stereocenters. The molecule has 2 fully saturated rings. The topological polar surface area (TPSA) is 119 Å². The van der Waals surface area contributed by atoms with E-state index in [1.165, 1.54) is 4.31 Å². The highest BCUT2D eigenvalue weighted by molar-refractivity contribution is 7.89. The molecule has 9 heteroatoms. The van der Waals surface area contributed by atoms with Gasteiger partial charge in [-0.25, -0.2) is 8.42 Å². The van der Waals surface area contributed by atoms with Crippen LogP contribution in [0.4, 0.5) is 0 Å². The molecule has 0 bridgehead atoms. The maximum atomic E-state index is 12.3. The van der Waals surface area contributed by atoms with Gasteiger partial charge in [0.05, 0.1) is 5.75 Å². The van der Waals surface area contributed by atoms with Crippen molar-refractivity contribution < 1.29 is 17.7 Å². The molecule has 1 aliphatic carbocycles. The van der Waals surface area contributed by atoms with Gasteiger partial charge >= 0.3 is 0 Å². The molecule has 24 heavy (non-hydrogen) atoms. The Balaban J connectivity index is 1.56. The Labute approximate surface area is 141 Å². The number of nitrogens with one attached hydrogen (secondary N) is 1. The minimum absolute atomic E-state index is 0.0444. The minimum atomic E-state index is -3.32. The predicted octanol–water partition coefficient (Wildman–Crippen LogP) is 0.423. The van der Waals surface area contributed by atoms with E-state index in [2.05, 4.69) is 10.5 Å². The molecule has 1 amide bonds. The largest absolute Gasteiger partial charge is 0.360 e. The number of sulfonamides is 1. The second-order valence-electron chi connectivity index (χ2n) is 6.65. The zero-order valence-corrected chi connectivity index (χ0v) is 14.6. The molecule has 1 unspecified atom stereocenters. The second-order valence-corrected chi connectivity index (χ2v) is 8.69. The van der Waals surface area contributed by atoms with Crippen LogP contribution in [0.2, 0.25) is 0 Å². The van der Waals surface area contributed by atoms with Crippen LogP contribution >= 0.6 is 0 Å². The Kier molecular flexibility index (Phi) is 4.93. The third-order valence-corrected chi connectivity index (χ3v) is 6.63. The highest BCUT2D eigenvalue weighted by Gasteiger charge is 2.34. The maximum absolute atomic E-state index is 12.3. The molecule has 2 heterocycles. The molecule has 1 saturated heterocycles. The van der Waals surface area contributed by atoms with E-state index in [9.17, 15) is 13.2 Å². The van der Waals surface area contributed by atoms with Gasteiger partial charge in [0.25, 0.3) is 5.91 Å². The van der Waals surface area contributed by atoms with E-state index in [0.29, 0.717) is 31.0 Å². The number of hydrogen-bond donors (Lipinski definition) is 2. The fourth-order valence-corrected chi connectivity index (χ4v) is 4.73. The predicted molar refractivity (Wildman–Crippen MR) is 88.0 cm³/mol. The molecule has 134 valence electrons. The summed E-state index contributed by atoms with van der Waals surface area (Å²) in [6.07, 6.45) is 3.32. The standard InChI is InChI=1S/C15H24N4O4S/c1-10-8-12(4-6-19(10)24(21,22)7-5-16)17-15(20)13-9-14(23-18-13)11-2-3-11/h9-12H,2-8,16H2,1H3,(H,17,20)/t10-,12?/m0/s1. The summed E-state index contributed by atoms with van der Waals surface area (Å²) in [4.78, 5) is 12.3. The Bertz CT molecular complexity index is 698. The fraction of sp³-hybridized carbons (Fsp3) is 0.733. The van der Waals surface area contributed by atoms with Gasteiger partial charge in [0.1, 0.15) is 5.76 Å². The lowest BCUT2D eigenvalue weighted by molar-refractivity contribution is 0.0905. The first kappa shape index (κ1) is 17.4. The summed E-state index contributed by atoms with van der Waals surface area (Å²) in [6.45, 7) is 2.36. The summed E-state index contributed by atoms with van der Waals surface area (Å²) in [7, 11) is -3.32. The van der Waals surface area contributed by atoms with Gasteiger partial charge in [0.15, 0.2) is 5.69 Å². The smallest absolute Gasteiger partial charge is 0.273 e. The van der Waals surface area contributed by atoms with Gasteiger partial charge in [-0.1, -0.05) is 5.16 Å². The average Bonchev–Trinajstić information content (AvgIpc) is 3.24. The molecule has 1 aromatic heterocycles. The molecule has 0 spiro atoms. The maximum Gasteiger partial charge on any atom is 0.273 e. The number of piperidine rings is 1. The summed E-state index contributed by atoms with van der Waals surface area (Å²) in [5.41, 5.74) is 5.67. The summed E-state index contributed by atoms with van der Waals surface area (Å²) in [6, 6.07) is 1.47. The van der Waals surface area contributed by atoms with Crippen LogP contribution in [0, 0.1) is 0 Å². The molecule has 2 aliphatic rings. The molecule has 0 radical (unpaired) electrons. The van der Waals surface area contributed by atoms with Crippen molar-refractivity contribution in [2.24, 2.45) is 5.73 Å². The van der Waals surface area contributed by atoms with Crippen LogP contribution < -0.4 is 11.1 Å². The fourth-order valence-electron chi connectivity index (χ4n) is 3.18. The number of amides is 1. The second kappa shape index (κ2) is 6.81. The third kappa shape index (κ3) is 3.79. The first-order valence-corrected chi connectivity index (χ1v) is 9.98. The average molecular weight is 356 g/mol. The van der Waals surface area contributed by atoms with Gasteiger partial charge in [-0.05, 0) is 32.6 Å². The van der Waals surface area contributed by atoms with Gasteiger partial charge < -0.3 is 15.6 Å². The van der Waals surface area contributed by atoms with E-state index < -0.39 is 10.0 Å². The van der Waals surface area contributed by atoms with Gasteiger partial charge in [-0.2, -0.15) is 4.31 Å². The highest BCUT2D eigenvalue weighted by atomic mass is 32.2. The quantitative estimate of drug-likeness (QED) is 0.763. The van der Waals surface area contributed by atoms with E-state index in [1.54, 1.807) is 6.07 Å². The van der Waals surface area contributed by atoms with Crippen molar-refractivity contribution in [3.05, 3.63) is 17.5 Å². The summed E-state index contributed by atoms with van der Waals surface area (Å²) >= 11 is 0. The molecule has 1 aliphatic heterocycles. The summed E-state index contributed by atoms with van der Waals surface area (Å²) in [5.74, 6) is 0.879. The van der Waals surface area contributed by atoms with Gasteiger partial charge in [0, 0.05) is 37.2 Å². The SMILES string of the molecule is C[C@H]1CC(NC(=O)c2cc(C3CC3)on2)CCN1S(=O)(=O)CCN. The number of carbonyl (C=O) groups is 1. The molecule has 8 nitrogen and oxygen atoms in total. The van der Waals surface area contributed by atoms with Crippen molar-refractivity contribution in [3.8, 4) is 0 Å². The number of nitrogens with two attached hydrogens (primary N) is 1. The van der Waals surface area contributed by atoms with E-state index in [-0.39, 0.29) is 30.3 Å². The van der Waals surface area contributed by atoms with E-state index in [1.807, 2.05) is 6.92 Å². The Hall–Kier alpha value is -1.45. The lowest BCUT2D eigenvalue weighted by Gasteiger charge is -2.36. The molecular formula is C15H24N4O4S. The van der Waals surface area contributed by atoms with Crippen LogP contribution in [0.5, 0.6) is 0 Å². The summed E-state index contributed by atoms with van der Waals surface area (Å²) in [5, 5.41) is 6.77. The van der Waals surface area contributed by atoms with Gasteiger partial charge in [-0.3, -0.25) is 4.79 Å². The highest BCUT2D eigenvalue weighted by Crippen LogP contribution is 2.40. The molecule has 1 aromatic rings. The number of hydrogen-bond acceptors (Lipinski definition) is 6. The summed E-state index contributed by atoms with van der Waals surface area (Å²) < 4.78 is 31.0. The first-order chi connectivity index (χ1) is 11.4. The molecule has 3 rings (SSSR count). The monoisotopic (exact) mass is 356 g/mol. The zero-order chi connectivity index (χ0) is 17.3. The Morgan fingerprint density at radius 2 is 2.21 bits per heavy atom. The molecular weight excluding hydrogens is 332 g/mol. The number of rotatable bonds is 6. The molecule has 3 N–H and O–H groups in total. The van der Waals surface area contributed by atoms with Crippen molar-refractivity contribution in [1.29, 1.82) is 0 Å². The third-order valence-electron chi connectivity index (χ3n) is 4.62. The van der Waals surface area contributed by atoms with Crippen LogP contribution in [0.15, 0.2) is 10.6 Å². The lowest BCUT2D eigenvalue weighted by atomic mass is 10.0. The molecule has 1 saturated carbocycles. The number of nitrogens with zero attached hydrogens (tertiary/aromatic N) is 2. The number of aromatic nitrogens is 1. The van der Waals surface area contributed by atoms with Crippen molar-refractivity contribution in [3.63, 3.8) is 0 Å². The number of carbonyl (C=O) groups excluding carboxylic acids is 1. The minimum Gasteiger partial charge on any atom is -0.360 e. The Morgan fingerprint density at radius 1 is 1.46 bits per heavy atom. The van der Waals surface area contributed by atoms with E-state index in [0.717, 1.165) is 18.6 Å². The van der Waals surface area contributed by atoms with Crippen molar-refractivity contribution in [2.75, 3.05) is 18.8 Å². The van der Waals surface area contributed by atoms with E-state index >= 15 is 0 Å².